The highest BCUT2D eigenvalue weighted by molar-refractivity contribution is 7.90. The van der Waals surface area contributed by atoms with E-state index in [4.69, 9.17) is 33.8 Å². The van der Waals surface area contributed by atoms with E-state index >= 15 is 0 Å². The van der Waals surface area contributed by atoms with Crippen molar-refractivity contribution in [1.82, 2.24) is 18.3 Å². The number of aliphatic hydroxyl groups is 1. The molecule has 65 heavy (non-hydrogen) atoms. The van der Waals surface area contributed by atoms with Crippen molar-refractivity contribution in [3.8, 4) is 0 Å². The van der Waals surface area contributed by atoms with Crippen LogP contribution in [0.3, 0.4) is 0 Å². The lowest BCUT2D eigenvalue weighted by Crippen LogP contribution is -2.59. The molecule has 0 aliphatic carbocycles. The van der Waals surface area contributed by atoms with Crippen LogP contribution in [0.25, 0.3) is 10.4 Å². The standard InChI is InChI=1S/C42H62N8O12SSi2/c1-25-18-47(33-17-29(45-46-44)30(22-51)59-33)38(54)48(35(25)52)20-27-13-15-28(16-14-27)21-49-36(53)26(2)19-50(39(49)55)37-34(61-65(11,12)41(6,7)8)42(31(43)24-63(56,57)62-42)32(60-37)23-58-64(9,10)40(3,4)5/h13-16,18-19,24,29-30,32-34,37,51H,17,20-23,43H2,1-12H3/t29-,30+,32-,33+,34+,37-,42-/m1/s1. The van der Waals surface area contributed by atoms with Gasteiger partial charge in [0.25, 0.3) is 21.2 Å². The number of ether oxygens (including phenoxy) is 2. The molecule has 6 rings (SSSR count). The van der Waals surface area contributed by atoms with Gasteiger partial charge in [0.2, 0.25) is 0 Å². The second-order valence-electron chi connectivity index (χ2n) is 20.3. The average Bonchev–Trinajstić information content (AvgIpc) is 3.83. The molecule has 2 aromatic heterocycles. The van der Waals surface area contributed by atoms with Crippen LogP contribution in [0.5, 0.6) is 0 Å². The van der Waals surface area contributed by atoms with Gasteiger partial charge in [-0.1, -0.05) is 70.9 Å². The summed E-state index contributed by atoms with van der Waals surface area (Å²) in [6.45, 7) is 22.5. The molecular formula is C42H62N8O12SSi2. The maximum absolute atomic E-state index is 14.7. The van der Waals surface area contributed by atoms with Crippen molar-refractivity contribution in [3.63, 3.8) is 0 Å². The third-order valence-corrected chi connectivity index (χ3v) is 23.7. The molecule has 0 saturated carbocycles. The van der Waals surface area contributed by atoms with Crippen LogP contribution in [0.1, 0.15) is 82.7 Å². The van der Waals surface area contributed by atoms with Crippen LogP contribution in [-0.4, -0.2) is 91.6 Å². The van der Waals surface area contributed by atoms with Gasteiger partial charge in [-0.05, 0) is 66.8 Å². The molecule has 0 radical (unpaired) electrons. The fourth-order valence-corrected chi connectivity index (χ4v) is 11.3. The van der Waals surface area contributed by atoms with E-state index in [0.717, 1.165) is 14.5 Å². The van der Waals surface area contributed by atoms with Gasteiger partial charge in [0, 0.05) is 34.9 Å². The molecule has 3 aromatic rings. The van der Waals surface area contributed by atoms with Gasteiger partial charge in [-0.15, -0.1) is 0 Å². The average molecular weight is 959 g/mol. The quantitative estimate of drug-likeness (QED) is 0.0801. The third-order valence-electron chi connectivity index (χ3n) is 13.7. The number of aromatic nitrogens is 4. The first-order valence-electron chi connectivity index (χ1n) is 21.4. The number of aliphatic hydroxyl groups excluding tert-OH is 1. The van der Waals surface area contributed by atoms with Crippen molar-refractivity contribution in [2.45, 2.75) is 154 Å². The number of azide groups is 1. The van der Waals surface area contributed by atoms with E-state index in [0.29, 0.717) is 11.1 Å². The lowest BCUT2D eigenvalue weighted by molar-refractivity contribution is -0.0567. The number of benzene rings is 1. The maximum atomic E-state index is 14.7. The Balaban J connectivity index is 1.36. The molecule has 0 unspecified atom stereocenters. The number of hydrogen-bond donors (Lipinski definition) is 2. The Labute approximate surface area is 379 Å². The molecule has 0 bridgehead atoms. The zero-order valence-electron chi connectivity index (χ0n) is 39.1. The SMILES string of the molecule is Cc1cn([C@@H]2C[C@@H](N=[N+]=[N-])[C@H](CO)O2)c(=O)n(Cc2ccc(Cn3c(=O)c(C)cn([C@@H]4O[C@H](CO[Si](C)(C)C(C)(C)C)[C@@]5(OS(=O)(=O)C=C5N)[C@H]4O[Si](C)(C)C(C)(C)C)c3=O)cc2)c1=O. The van der Waals surface area contributed by atoms with Crippen LogP contribution >= 0.6 is 0 Å². The zero-order valence-corrected chi connectivity index (χ0v) is 41.9. The van der Waals surface area contributed by atoms with Gasteiger partial charge in [-0.2, -0.15) is 8.42 Å². The topological polar surface area (TPSA) is 263 Å². The Bertz CT molecular complexity index is 2760. The Morgan fingerprint density at radius 3 is 1.85 bits per heavy atom. The van der Waals surface area contributed by atoms with Crippen molar-refractivity contribution < 1.29 is 36.0 Å². The predicted molar refractivity (Wildman–Crippen MR) is 247 cm³/mol. The molecular weight excluding hydrogens is 897 g/mol. The number of nitrogens with zero attached hydrogens (tertiary/aromatic N) is 7. The largest absolute Gasteiger partial charge is 0.414 e. The highest BCUT2D eigenvalue weighted by Gasteiger charge is 2.67. The minimum Gasteiger partial charge on any atom is -0.414 e. The van der Waals surface area contributed by atoms with Gasteiger partial charge in [0.15, 0.2) is 28.5 Å². The van der Waals surface area contributed by atoms with Gasteiger partial charge in [0.1, 0.15) is 18.4 Å². The Hall–Kier alpha value is -4.43. The highest BCUT2D eigenvalue weighted by atomic mass is 32.2. The van der Waals surface area contributed by atoms with Gasteiger partial charge in [0.05, 0.1) is 49.6 Å². The maximum Gasteiger partial charge on any atom is 0.333 e. The summed E-state index contributed by atoms with van der Waals surface area (Å²) < 4.78 is 63.3. The second-order valence-corrected chi connectivity index (χ2v) is 31.2. The van der Waals surface area contributed by atoms with Crippen LogP contribution in [0.4, 0.5) is 0 Å². The van der Waals surface area contributed by atoms with Gasteiger partial charge in [-0.25, -0.2) is 13.8 Å². The number of aryl methyl sites for hydroxylation is 2. The first kappa shape index (κ1) is 50.0. The molecule has 3 aliphatic heterocycles. The van der Waals surface area contributed by atoms with Crippen LogP contribution < -0.4 is 28.2 Å². The van der Waals surface area contributed by atoms with Crippen molar-refractivity contribution >= 4 is 26.8 Å². The Morgan fingerprint density at radius 2 is 1.38 bits per heavy atom. The number of rotatable bonds is 13. The molecule has 7 atom stereocenters. The molecule has 20 nitrogen and oxygen atoms in total. The van der Waals surface area contributed by atoms with Crippen molar-refractivity contribution in [2.24, 2.45) is 10.8 Å². The summed E-state index contributed by atoms with van der Waals surface area (Å²) in [6.07, 6.45) is -2.61. The monoisotopic (exact) mass is 958 g/mol. The van der Waals surface area contributed by atoms with Gasteiger partial charge < -0.3 is 29.2 Å². The van der Waals surface area contributed by atoms with E-state index < -0.39 is 103 Å². The summed E-state index contributed by atoms with van der Waals surface area (Å²) in [5, 5.41) is 13.7. The Morgan fingerprint density at radius 1 is 0.877 bits per heavy atom. The molecule has 1 aromatic carbocycles. The minimum absolute atomic E-state index is 0.118. The van der Waals surface area contributed by atoms with E-state index in [1.54, 1.807) is 38.1 Å². The molecule has 1 spiro atoms. The normalized spacial score (nSPS) is 25.8. The fourth-order valence-electron chi connectivity index (χ4n) is 7.75. The third kappa shape index (κ3) is 9.45. The first-order valence-corrected chi connectivity index (χ1v) is 28.7. The molecule has 23 heteroatoms. The predicted octanol–water partition coefficient (Wildman–Crippen LogP) is 4.21. The van der Waals surface area contributed by atoms with Crippen molar-refractivity contribution in [1.29, 1.82) is 0 Å². The van der Waals surface area contributed by atoms with Crippen LogP contribution in [0.15, 0.2) is 72.1 Å². The van der Waals surface area contributed by atoms with Crippen LogP contribution in [-0.2, 0) is 45.7 Å². The van der Waals surface area contributed by atoms with E-state index in [-0.39, 0.29) is 48.0 Å². The molecule has 0 amide bonds. The van der Waals surface area contributed by atoms with Crippen molar-refractivity contribution in [3.05, 3.63) is 122 Å². The molecule has 3 aliphatic rings. The first-order chi connectivity index (χ1) is 30.0. The van der Waals surface area contributed by atoms with Crippen molar-refractivity contribution in [2.75, 3.05) is 13.2 Å². The molecule has 356 valence electrons. The summed E-state index contributed by atoms with van der Waals surface area (Å²) in [7, 11) is -9.65. The molecule has 2 fully saturated rings. The number of hydrogen-bond acceptors (Lipinski definition) is 14. The van der Waals surface area contributed by atoms with E-state index in [1.807, 2.05) is 47.0 Å². The molecule has 2 saturated heterocycles. The Kier molecular flexibility index (Phi) is 13.6. The lowest BCUT2D eigenvalue weighted by Gasteiger charge is -2.43. The summed E-state index contributed by atoms with van der Waals surface area (Å²) in [5.74, 6) is 0. The summed E-state index contributed by atoms with van der Waals surface area (Å²) >= 11 is 0. The fraction of sp³-hybridized carbons (Fsp3) is 0.619. The number of nitrogens with two attached hydrogens (primary N) is 1. The molecule has 5 heterocycles. The zero-order chi connectivity index (χ0) is 48.4. The summed E-state index contributed by atoms with van der Waals surface area (Å²) in [4.78, 5) is 58.3. The summed E-state index contributed by atoms with van der Waals surface area (Å²) in [6, 6.07) is 5.98. The smallest absolute Gasteiger partial charge is 0.333 e. The van der Waals surface area contributed by atoms with E-state index in [9.17, 15) is 32.7 Å². The van der Waals surface area contributed by atoms with Crippen LogP contribution in [0.2, 0.25) is 36.3 Å². The van der Waals surface area contributed by atoms with E-state index in [1.165, 1.54) is 21.5 Å². The minimum atomic E-state index is -4.33. The highest BCUT2D eigenvalue weighted by Crippen LogP contribution is 2.52. The second kappa shape index (κ2) is 17.7. The van der Waals surface area contributed by atoms with Gasteiger partial charge >= 0.3 is 11.4 Å². The van der Waals surface area contributed by atoms with E-state index in [2.05, 4.69) is 30.8 Å². The lowest BCUT2D eigenvalue weighted by atomic mass is 9.89. The van der Waals surface area contributed by atoms with Crippen LogP contribution in [0, 0.1) is 13.8 Å². The van der Waals surface area contributed by atoms with Gasteiger partial charge in [-0.3, -0.25) is 27.9 Å². The summed E-state index contributed by atoms with van der Waals surface area (Å²) in [5.41, 5.74) is 12.5. The molecule has 3 N–H and O–H groups in total.